The fourth-order valence-corrected chi connectivity index (χ4v) is 2.22. The Morgan fingerprint density at radius 1 is 1.57 bits per heavy atom. The highest BCUT2D eigenvalue weighted by Gasteiger charge is 2.32. The molecule has 0 radical (unpaired) electrons. The molecule has 0 spiro atoms. The van der Waals surface area contributed by atoms with Crippen LogP contribution in [0.1, 0.15) is 20.8 Å². The highest BCUT2D eigenvalue weighted by Crippen LogP contribution is 2.16. The summed E-state index contributed by atoms with van der Waals surface area (Å²) in [5, 5.41) is 3.01. The summed E-state index contributed by atoms with van der Waals surface area (Å²) in [4.78, 5) is 11.4. The number of rotatable bonds is 6. The van der Waals surface area contributed by atoms with Crippen molar-refractivity contribution in [2.75, 3.05) is 25.7 Å². The van der Waals surface area contributed by atoms with Crippen LogP contribution >= 0.6 is 11.8 Å². The normalized spacial score (nSPS) is 15.3. The molecule has 0 aromatic carbocycles. The Labute approximate surface area is 91.0 Å². The first-order chi connectivity index (χ1) is 6.46. The number of esters is 1. The second-order valence-corrected chi connectivity index (χ2v) is 5.01. The molecule has 1 N–H and O–H groups in total. The van der Waals surface area contributed by atoms with Gasteiger partial charge in [-0.2, -0.15) is 11.8 Å². The van der Waals surface area contributed by atoms with Gasteiger partial charge in [0.15, 0.2) is 0 Å². The van der Waals surface area contributed by atoms with Crippen molar-refractivity contribution in [1.82, 2.24) is 5.32 Å². The zero-order chi connectivity index (χ0) is 11.2. The zero-order valence-electron chi connectivity index (χ0n) is 9.72. The summed E-state index contributed by atoms with van der Waals surface area (Å²) in [6, 6.07) is 0. The number of thioether (sulfide) groups is 1. The van der Waals surface area contributed by atoms with Gasteiger partial charge in [-0.3, -0.25) is 4.79 Å². The molecule has 0 saturated carbocycles. The summed E-state index contributed by atoms with van der Waals surface area (Å²) < 4.78 is 4.75. The number of nitrogens with one attached hydrogen (secondary N) is 1. The van der Waals surface area contributed by atoms with Crippen LogP contribution in [0, 0.1) is 5.92 Å². The third kappa shape index (κ3) is 4.33. The molecule has 1 unspecified atom stereocenters. The summed E-state index contributed by atoms with van der Waals surface area (Å²) in [6.45, 7) is 6.20. The van der Waals surface area contributed by atoms with E-state index in [2.05, 4.69) is 19.2 Å². The first-order valence-corrected chi connectivity index (χ1v) is 5.97. The van der Waals surface area contributed by atoms with Gasteiger partial charge in [-0.25, -0.2) is 0 Å². The van der Waals surface area contributed by atoms with Gasteiger partial charge in [-0.1, -0.05) is 13.8 Å². The summed E-state index contributed by atoms with van der Waals surface area (Å²) in [5.41, 5.74) is -0.561. The number of carbonyl (C=O) groups is 1. The lowest BCUT2D eigenvalue weighted by molar-refractivity contribution is -0.146. The zero-order valence-corrected chi connectivity index (χ0v) is 10.5. The number of likely N-dealkylation sites (N-methyl/N-ethyl adjacent to an activating group) is 1. The SMILES string of the molecule is CNC(C)(CSCC(C)C)C(=O)OC. The van der Waals surface area contributed by atoms with E-state index in [4.69, 9.17) is 4.74 Å². The van der Waals surface area contributed by atoms with Gasteiger partial charge in [-0.15, -0.1) is 0 Å². The van der Waals surface area contributed by atoms with E-state index in [1.54, 1.807) is 18.8 Å². The second-order valence-electron chi connectivity index (χ2n) is 3.98. The molecular weight excluding hydrogens is 198 g/mol. The fourth-order valence-electron chi connectivity index (χ4n) is 0.957. The van der Waals surface area contributed by atoms with Gasteiger partial charge in [0.05, 0.1) is 7.11 Å². The Morgan fingerprint density at radius 2 is 2.14 bits per heavy atom. The smallest absolute Gasteiger partial charge is 0.326 e. The first kappa shape index (κ1) is 13.8. The Morgan fingerprint density at radius 3 is 2.50 bits per heavy atom. The summed E-state index contributed by atoms with van der Waals surface area (Å²) in [5.74, 6) is 2.26. The molecular formula is C10H21NO2S. The lowest BCUT2D eigenvalue weighted by Crippen LogP contribution is -2.50. The van der Waals surface area contributed by atoms with Gasteiger partial charge < -0.3 is 10.1 Å². The quantitative estimate of drug-likeness (QED) is 0.688. The van der Waals surface area contributed by atoms with E-state index in [1.807, 2.05) is 6.92 Å². The Balaban J connectivity index is 4.06. The van der Waals surface area contributed by atoms with Gasteiger partial charge in [0.25, 0.3) is 0 Å². The van der Waals surface area contributed by atoms with Crippen LogP contribution in [0.4, 0.5) is 0 Å². The Bertz CT molecular complexity index is 185. The van der Waals surface area contributed by atoms with Crippen LogP contribution in [0.5, 0.6) is 0 Å². The van der Waals surface area contributed by atoms with Crippen molar-refractivity contribution in [1.29, 1.82) is 0 Å². The van der Waals surface area contributed by atoms with Crippen LogP contribution in [0.2, 0.25) is 0 Å². The van der Waals surface area contributed by atoms with Crippen molar-refractivity contribution in [2.45, 2.75) is 26.3 Å². The van der Waals surface area contributed by atoms with Crippen LogP contribution in [-0.4, -0.2) is 37.2 Å². The summed E-state index contributed by atoms with van der Waals surface area (Å²) in [7, 11) is 3.21. The molecule has 0 aliphatic rings. The number of methoxy groups -OCH3 is 1. The maximum atomic E-state index is 11.4. The maximum absolute atomic E-state index is 11.4. The van der Waals surface area contributed by atoms with Crippen LogP contribution in [0.25, 0.3) is 0 Å². The third-order valence-corrected chi connectivity index (χ3v) is 3.71. The third-order valence-electron chi connectivity index (χ3n) is 2.03. The maximum Gasteiger partial charge on any atom is 0.326 e. The largest absolute Gasteiger partial charge is 0.468 e. The van der Waals surface area contributed by atoms with Crippen molar-refractivity contribution in [3.8, 4) is 0 Å². The van der Waals surface area contributed by atoms with Crippen LogP contribution < -0.4 is 5.32 Å². The van der Waals surface area contributed by atoms with E-state index in [-0.39, 0.29) is 5.97 Å². The molecule has 0 rings (SSSR count). The monoisotopic (exact) mass is 219 g/mol. The van der Waals surface area contributed by atoms with E-state index in [1.165, 1.54) is 7.11 Å². The molecule has 0 saturated heterocycles. The van der Waals surface area contributed by atoms with Crippen molar-refractivity contribution >= 4 is 17.7 Å². The second kappa shape index (κ2) is 6.30. The molecule has 3 nitrogen and oxygen atoms in total. The molecule has 0 aliphatic heterocycles. The van der Waals surface area contributed by atoms with Gasteiger partial charge in [0.1, 0.15) is 5.54 Å². The standard InChI is InChI=1S/C10H21NO2S/c1-8(2)6-14-7-10(3,11-4)9(12)13-5/h8,11H,6-7H2,1-5H3. The lowest BCUT2D eigenvalue weighted by Gasteiger charge is -2.25. The molecule has 4 heteroatoms. The molecule has 1 atom stereocenters. The average Bonchev–Trinajstić information content (AvgIpc) is 2.15. The van der Waals surface area contributed by atoms with Gasteiger partial charge in [0, 0.05) is 5.75 Å². The van der Waals surface area contributed by atoms with Crippen molar-refractivity contribution < 1.29 is 9.53 Å². The summed E-state index contributed by atoms with van der Waals surface area (Å²) >= 11 is 1.77. The minimum absolute atomic E-state index is 0.198. The molecule has 0 aromatic heterocycles. The molecule has 14 heavy (non-hydrogen) atoms. The van der Waals surface area contributed by atoms with E-state index in [0.717, 1.165) is 11.5 Å². The molecule has 0 fully saturated rings. The minimum Gasteiger partial charge on any atom is -0.468 e. The highest BCUT2D eigenvalue weighted by atomic mass is 32.2. The minimum atomic E-state index is -0.561. The predicted octanol–water partition coefficient (Wildman–Crippen LogP) is 1.53. The molecule has 84 valence electrons. The van der Waals surface area contributed by atoms with Crippen molar-refractivity contribution in [3.05, 3.63) is 0 Å². The van der Waals surface area contributed by atoms with Gasteiger partial charge in [0.2, 0.25) is 0 Å². The molecule has 0 heterocycles. The number of hydrogen-bond acceptors (Lipinski definition) is 4. The molecule has 0 aromatic rings. The van der Waals surface area contributed by atoms with Crippen molar-refractivity contribution in [3.63, 3.8) is 0 Å². The van der Waals surface area contributed by atoms with E-state index in [0.29, 0.717) is 5.92 Å². The van der Waals surface area contributed by atoms with E-state index < -0.39 is 5.54 Å². The number of ether oxygens (including phenoxy) is 1. The topological polar surface area (TPSA) is 38.3 Å². The predicted molar refractivity (Wildman–Crippen MR) is 61.6 cm³/mol. The first-order valence-electron chi connectivity index (χ1n) is 4.81. The van der Waals surface area contributed by atoms with Crippen molar-refractivity contribution in [2.24, 2.45) is 5.92 Å². The number of carbonyl (C=O) groups excluding carboxylic acids is 1. The van der Waals surface area contributed by atoms with E-state index >= 15 is 0 Å². The summed E-state index contributed by atoms with van der Waals surface area (Å²) in [6.07, 6.45) is 0. The van der Waals surface area contributed by atoms with Crippen LogP contribution in [-0.2, 0) is 9.53 Å². The molecule has 0 aliphatic carbocycles. The Kier molecular flexibility index (Phi) is 6.20. The lowest BCUT2D eigenvalue weighted by atomic mass is 10.1. The van der Waals surface area contributed by atoms with E-state index in [9.17, 15) is 4.79 Å². The average molecular weight is 219 g/mol. The fraction of sp³-hybridized carbons (Fsp3) is 0.900. The van der Waals surface area contributed by atoms with Crippen LogP contribution in [0.3, 0.4) is 0 Å². The highest BCUT2D eigenvalue weighted by molar-refractivity contribution is 7.99. The molecule has 0 amide bonds. The van der Waals surface area contributed by atoms with Crippen LogP contribution in [0.15, 0.2) is 0 Å². The number of hydrogen-bond donors (Lipinski definition) is 1. The molecule has 0 bridgehead atoms. The van der Waals surface area contributed by atoms with Gasteiger partial charge >= 0.3 is 5.97 Å². The Hall–Kier alpha value is -0.220. The van der Waals surface area contributed by atoms with Gasteiger partial charge in [-0.05, 0) is 25.6 Å².